The van der Waals surface area contributed by atoms with Crippen molar-refractivity contribution in [3.63, 3.8) is 0 Å². The van der Waals surface area contributed by atoms with Gasteiger partial charge in [0.05, 0.1) is 30.0 Å². The highest BCUT2D eigenvalue weighted by molar-refractivity contribution is 6.08. The third kappa shape index (κ3) is 4.10. The Morgan fingerprint density at radius 3 is 2.86 bits per heavy atom. The molecule has 1 unspecified atom stereocenters. The molecule has 0 spiro atoms. The van der Waals surface area contributed by atoms with Crippen LogP contribution >= 0.6 is 0 Å². The average Bonchev–Trinajstić information content (AvgIpc) is 3.25. The number of hydrogen-bond donors (Lipinski definition) is 1. The summed E-state index contributed by atoms with van der Waals surface area (Å²) < 4.78 is 11.0. The van der Waals surface area contributed by atoms with Crippen LogP contribution in [0.3, 0.4) is 0 Å². The van der Waals surface area contributed by atoms with Crippen molar-refractivity contribution in [1.82, 2.24) is 10.3 Å². The summed E-state index contributed by atoms with van der Waals surface area (Å²) >= 11 is 0. The number of fused-ring (bicyclic) bond motifs is 1. The van der Waals surface area contributed by atoms with Gasteiger partial charge in [0.25, 0.3) is 5.91 Å². The number of aryl methyl sites for hydroxylation is 2. The first-order chi connectivity index (χ1) is 14.0. The molecule has 1 aliphatic rings. The number of hydrogen-bond acceptors (Lipinski definition) is 4. The van der Waals surface area contributed by atoms with Gasteiger partial charge in [0, 0.05) is 24.1 Å². The second-order valence-electron chi connectivity index (χ2n) is 7.61. The molecule has 1 aliphatic heterocycles. The number of carbonyl (C=O) groups is 1. The second kappa shape index (κ2) is 8.21. The number of aromatic nitrogens is 1. The molecule has 2 heterocycles. The van der Waals surface area contributed by atoms with Crippen molar-refractivity contribution in [2.24, 2.45) is 0 Å². The number of ether oxygens (including phenoxy) is 2. The zero-order chi connectivity index (χ0) is 20.4. The third-order valence-electron chi connectivity index (χ3n) is 5.37. The van der Waals surface area contributed by atoms with E-state index in [1.54, 1.807) is 7.11 Å². The summed E-state index contributed by atoms with van der Waals surface area (Å²) in [6, 6.07) is 13.7. The number of pyridine rings is 1. The van der Waals surface area contributed by atoms with Gasteiger partial charge in [-0.1, -0.05) is 23.8 Å². The van der Waals surface area contributed by atoms with E-state index in [0.29, 0.717) is 12.1 Å². The van der Waals surface area contributed by atoms with Crippen molar-refractivity contribution < 1.29 is 14.3 Å². The lowest BCUT2D eigenvalue weighted by Gasteiger charge is -2.15. The van der Waals surface area contributed by atoms with Crippen molar-refractivity contribution >= 4 is 16.8 Å². The molecule has 29 heavy (non-hydrogen) atoms. The van der Waals surface area contributed by atoms with Gasteiger partial charge in [0.15, 0.2) is 0 Å². The van der Waals surface area contributed by atoms with E-state index in [1.165, 1.54) is 0 Å². The highest BCUT2D eigenvalue weighted by Crippen LogP contribution is 2.29. The van der Waals surface area contributed by atoms with E-state index in [9.17, 15) is 4.79 Å². The molecule has 1 aromatic heterocycles. The van der Waals surface area contributed by atoms with Crippen LogP contribution in [-0.4, -0.2) is 37.3 Å². The first-order valence-corrected chi connectivity index (χ1v) is 10.0. The largest absolute Gasteiger partial charge is 0.497 e. The minimum absolute atomic E-state index is 0.0953. The summed E-state index contributed by atoms with van der Waals surface area (Å²) in [5, 5.41) is 3.93. The summed E-state index contributed by atoms with van der Waals surface area (Å²) in [5.41, 5.74) is 5.32. The van der Waals surface area contributed by atoms with Gasteiger partial charge in [0.2, 0.25) is 0 Å². The maximum absolute atomic E-state index is 13.1. The smallest absolute Gasteiger partial charge is 0.252 e. The molecular weight excluding hydrogens is 364 g/mol. The predicted molar refractivity (Wildman–Crippen MR) is 115 cm³/mol. The van der Waals surface area contributed by atoms with Crippen LogP contribution in [0, 0.1) is 13.8 Å². The Labute approximate surface area is 171 Å². The summed E-state index contributed by atoms with van der Waals surface area (Å²) in [6.45, 7) is 5.38. The Morgan fingerprint density at radius 1 is 1.24 bits per heavy atom. The average molecular weight is 390 g/mol. The molecule has 1 saturated heterocycles. The molecule has 4 rings (SSSR count). The normalized spacial score (nSPS) is 16.2. The summed E-state index contributed by atoms with van der Waals surface area (Å²) in [4.78, 5) is 18.0. The highest BCUT2D eigenvalue weighted by atomic mass is 16.5. The lowest BCUT2D eigenvalue weighted by atomic mass is 9.99. The highest BCUT2D eigenvalue weighted by Gasteiger charge is 2.19. The fraction of sp³-hybridized carbons (Fsp3) is 0.333. The maximum Gasteiger partial charge on any atom is 0.252 e. The van der Waals surface area contributed by atoms with Gasteiger partial charge in [0.1, 0.15) is 5.75 Å². The fourth-order valence-electron chi connectivity index (χ4n) is 3.91. The number of carbonyl (C=O) groups excluding carboxylic acids is 1. The minimum Gasteiger partial charge on any atom is -0.497 e. The molecule has 0 saturated carbocycles. The van der Waals surface area contributed by atoms with Crippen LogP contribution in [0.1, 0.15) is 34.3 Å². The number of rotatable bonds is 5. The number of nitrogens with zero attached hydrogens (tertiary/aromatic N) is 1. The molecule has 3 aromatic rings. The van der Waals surface area contributed by atoms with Crippen molar-refractivity contribution in [2.45, 2.75) is 32.8 Å². The van der Waals surface area contributed by atoms with Crippen molar-refractivity contribution in [1.29, 1.82) is 0 Å². The van der Waals surface area contributed by atoms with E-state index in [4.69, 9.17) is 14.5 Å². The Hall–Kier alpha value is -2.92. The summed E-state index contributed by atoms with van der Waals surface area (Å²) in [7, 11) is 1.64. The van der Waals surface area contributed by atoms with Crippen molar-refractivity contribution in [2.75, 3.05) is 20.3 Å². The molecule has 1 amide bonds. The zero-order valence-electron chi connectivity index (χ0n) is 17.1. The standard InChI is InChI=1S/C24H26N2O3/c1-15-10-16(2)23-20(11-15)21(24(27)25-14-19-8-5-9-29-19)13-22(26-23)17-6-4-7-18(12-17)28-3/h4,6-7,10-13,19H,5,8-9,14H2,1-3H3,(H,25,27). The molecule has 1 atom stereocenters. The van der Waals surface area contributed by atoms with Crippen LogP contribution in [0.5, 0.6) is 5.75 Å². The quantitative estimate of drug-likeness (QED) is 0.700. The number of nitrogens with one attached hydrogen (secondary N) is 1. The Morgan fingerprint density at radius 2 is 2.10 bits per heavy atom. The van der Waals surface area contributed by atoms with Crippen LogP contribution in [0.4, 0.5) is 0 Å². The lowest BCUT2D eigenvalue weighted by molar-refractivity contribution is 0.0859. The number of benzene rings is 2. The Balaban J connectivity index is 1.78. The summed E-state index contributed by atoms with van der Waals surface area (Å²) in [5.74, 6) is 0.663. The second-order valence-corrected chi connectivity index (χ2v) is 7.61. The van der Waals surface area contributed by atoms with Gasteiger partial charge >= 0.3 is 0 Å². The topological polar surface area (TPSA) is 60.5 Å². The van der Waals surface area contributed by atoms with Crippen molar-refractivity contribution in [3.8, 4) is 17.0 Å². The maximum atomic E-state index is 13.1. The van der Waals surface area contributed by atoms with Crippen LogP contribution in [0.15, 0.2) is 42.5 Å². The molecule has 150 valence electrons. The SMILES string of the molecule is COc1cccc(-c2cc(C(=O)NCC3CCCO3)c3cc(C)cc(C)c3n2)c1. The lowest BCUT2D eigenvalue weighted by Crippen LogP contribution is -2.32. The van der Waals surface area contributed by atoms with Gasteiger partial charge in [-0.25, -0.2) is 4.98 Å². The number of amides is 1. The summed E-state index contributed by atoms with van der Waals surface area (Å²) in [6.07, 6.45) is 2.15. The molecule has 1 N–H and O–H groups in total. The van der Waals surface area contributed by atoms with E-state index in [2.05, 4.69) is 11.4 Å². The Bertz CT molecular complexity index is 1060. The molecule has 2 aromatic carbocycles. The predicted octanol–water partition coefficient (Wildman–Crippen LogP) is 4.44. The van der Waals surface area contributed by atoms with E-state index >= 15 is 0 Å². The monoisotopic (exact) mass is 390 g/mol. The Kier molecular flexibility index (Phi) is 5.49. The molecular formula is C24H26N2O3. The zero-order valence-corrected chi connectivity index (χ0v) is 17.1. The van der Waals surface area contributed by atoms with Crippen molar-refractivity contribution in [3.05, 3.63) is 59.2 Å². The van der Waals surface area contributed by atoms with Gasteiger partial charge in [-0.15, -0.1) is 0 Å². The molecule has 5 nitrogen and oxygen atoms in total. The van der Waals surface area contributed by atoms with E-state index in [1.807, 2.05) is 50.2 Å². The molecule has 5 heteroatoms. The molecule has 0 bridgehead atoms. The molecule has 0 radical (unpaired) electrons. The molecule has 1 fully saturated rings. The first kappa shape index (κ1) is 19.4. The first-order valence-electron chi connectivity index (χ1n) is 10.0. The van der Waals surface area contributed by atoms with E-state index < -0.39 is 0 Å². The third-order valence-corrected chi connectivity index (χ3v) is 5.37. The van der Waals surface area contributed by atoms with E-state index in [0.717, 1.165) is 58.5 Å². The van der Waals surface area contributed by atoms with Crippen LogP contribution < -0.4 is 10.1 Å². The van der Waals surface area contributed by atoms with Crippen LogP contribution in [0.2, 0.25) is 0 Å². The molecule has 0 aliphatic carbocycles. The minimum atomic E-state index is -0.0953. The van der Waals surface area contributed by atoms with Gasteiger partial charge in [-0.05, 0) is 56.5 Å². The van der Waals surface area contributed by atoms with Crippen LogP contribution in [0.25, 0.3) is 22.2 Å². The van der Waals surface area contributed by atoms with Gasteiger partial charge in [-0.2, -0.15) is 0 Å². The fourth-order valence-corrected chi connectivity index (χ4v) is 3.91. The van der Waals surface area contributed by atoms with E-state index in [-0.39, 0.29) is 12.0 Å². The van der Waals surface area contributed by atoms with Gasteiger partial charge in [-0.3, -0.25) is 4.79 Å². The number of methoxy groups -OCH3 is 1. The van der Waals surface area contributed by atoms with Crippen LogP contribution in [-0.2, 0) is 4.74 Å². The van der Waals surface area contributed by atoms with Gasteiger partial charge < -0.3 is 14.8 Å².